The quantitative estimate of drug-likeness (QED) is 0.769. The number of hydrogen-bond donors (Lipinski definition) is 1. The molecule has 1 aliphatic rings. The topological polar surface area (TPSA) is 53.1 Å². The lowest BCUT2D eigenvalue weighted by Gasteiger charge is -2.27. The van der Waals surface area contributed by atoms with E-state index < -0.39 is 0 Å². The number of nitrogens with two attached hydrogens (primary N) is 1. The van der Waals surface area contributed by atoms with Gasteiger partial charge in [0.15, 0.2) is 0 Å². The fraction of sp³-hybridized carbons (Fsp3) is 0.727. The van der Waals surface area contributed by atoms with E-state index >= 15 is 0 Å². The molecule has 15 heavy (non-hydrogen) atoms. The molecule has 1 fully saturated rings. The largest absolute Gasteiger partial charge is 0.384 e. The Kier molecular flexibility index (Phi) is 2.08. The number of anilines is 1. The molecule has 2 rings (SSSR count). The van der Waals surface area contributed by atoms with E-state index in [1.807, 2.05) is 10.7 Å². The second-order valence-electron chi connectivity index (χ2n) is 5.39. The van der Waals surface area contributed by atoms with Gasteiger partial charge in [0.25, 0.3) is 0 Å². The number of nitrogens with zero attached hydrogens (tertiary/aromatic N) is 2. The summed E-state index contributed by atoms with van der Waals surface area (Å²) in [5.41, 5.74) is 5.55. The van der Waals surface area contributed by atoms with Crippen molar-refractivity contribution < 1.29 is 4.74 Å². The van der Waals surface area contributed by atoms with Crippen LogP contribution in [0.2, 0.25) is 0 Å². The van der Waals surface area contributed by atoms with E-state index in [-0.39, 0.29) is 17.2 Å². The van der Waals surface area contributed by atoms with Crippen LogP contribution in [0.4, 0.5) is 5.82 Å². The Hall–Kier alpha value is -1.03. The van der Waals surface area contributed by atoms with Crippen LogP contribution in [-0.4, -0.2) is 21.0 Å². The molecule has 0 bridgehead atoms. The van der Waals surface area contributed by atoms with Gasteiger partial charge in [-0.1, -0.05) is 0 Å². The van der Waals surface area contributed by atoms with Crippen molar-refractivity contribution in [1.29, 1.82) is 0 Å². The van der Waals surface area contributed by atoms with Crippen LogP contribution in [-0.2, 0) is 4.74 Å². The zero-order valence-corrected chi connectivity index (χ0v) is 9.82. The van der Waals surface area contributed by atoms with Gasteiger partial charge in [0, 0.05) is 6.42 Å². The van der Waals surface area contributed by atoms with Crippen LogP contribution < -0.4 is 5.73 Å². The molecule has 0 radical (unpaired) electrons. The van der Waals surface area contributed by atoms with Crippen molar-refractivity contribution in [3.8, 4) is 0 Å². The number of rotatable bonds is 1. The van der Waals surface area contributed by atoms with Crippen LogP contribution in [0.15, 0.2) is 12.3 Å². The van der Waals surface area contributed by atoms with E-state index in [4.69, 9.17) is 10.5 Å². The smallest absolute Gasteiger partial charge is 0.122 e. The zero-order valence-electron chi connectivity index (χ0n) is 9.82. The van der Waals surface area contributed by atoms with Crippen molar-refractivity contribution >= 4 is 5.82 Å². The Morgan fingerprint density at radius 3 is 2.53 bits per heavy atom. The first-order valence-corrected chi connectivity index (χ1v) is 5.31. The molecule has 0 amide bonds. The lowest BCUT2D eigenvalue weighted by molar-refractivity contribution is -0.0735. The highest BCUT2D eigenvalue weighted by Gasteiger charge is 2.47. The second kappa shape index (κ2) is 2.98. The molecule has 1 atom stereocenters. The van der Waals surface area contributed by atoms with E-state index in [1.165, 1.54) is 0 Å². The molecule has 84 valence electrons. The van der Waals surface area contributed by atoms with Crippen molar-refractivity contribution in [3.63, 3.8) is 0 Å². The molecule has 1 saturated heterocycles. The van der Waals surface area contributed by atoms with Gasteiger partial charge in [0.1, 0.15) is 5.82 Å². The predicted molar refractivity (Wildman–Crippen MR) is 59.5 cm³/mol. The highest BCUT2D eigenvalue weighted by molar-refractivity contribution is 5.27. The summed E-state index contributed by atoms with van der Waals surface area (Å²) in [6.45, 7) is 8.39. The van der Waals surface area contributed by atoms with Gasteiger partial charge < -0.3 is 10.5 Å². The zero-order chi connectivity index (χ0) is 11.3. The first-order valence-electron chi connectivity index (χ1n) is 5.31. The lowest BCUT2D eigenvalue weighted by atomic mass is 9.95. The molecular weight excluding hydrogens is 190 g/mol. The van der Waals surface area contributed by atoms with E-state index in [0.717, 1.165) is 6.42 Å². The normalized spacial score (nSPS) is 28.1. The van der Waals surface area contributed by atoms with Gasteiger partial charge in [-0.05, 0) is 33.8 Å². The van der Waals surface area contributed by atoms with Gasteiger partial charge in [-0.25, -0.2) is 4.68 Å². The van der Waals surface area contributed by atoms with Crippen LogP contribution in [0, 0.1) is 0 Å². The third-order valence-electron chi connectivity index (χ3n) is 3.02. The molecule has 1 aliphatic heterocycles. The van der Waals surface area contributed by atoms with Gasteiger partial charge >= 0.3 is 0 Å². The van der Waals surface area contributed by atoms with Crippen LogP contribution in [0.5, 0.6) is 0 Å². The van der Waals surface area contributed by atoms with Gasteiger partial charge in [-0.3, -0.25) is 0 Å². The Morgan fingerprint density at radius 2 is 2.13 bits per heavy atom. The first-order chi connectivity index (χ1) is 6.82. The molecule has 0 saturated carbocycles. The summed E-state index contributed by atoms with van der Waals surface area (Å²) < 4.78 is 7.88. The Balaban J connectivity index is 2.35. The molecule has 4 nitrogen and oxygen atoms in total. The predicted octanol–water partition coefficient (Wildman–Crippen LogP) is 1.98. The lowest BCUT2D eigenvalue weighted by Crippen LogP contribution is -2.32. The van der Waals surface area contributed by atoms with E-state index in [0.29, 0.717) is 5.82 Å². The number of aromatic nitrogens is 2. The van der Waals surface area contributed by atoms with Crippen LogP contribution >= 0.6 is 0 Å². The van der Waals surface area contributed by atoms with Crippen molar-refractivity contribution in [2.45, 2.75) is 51.4 Å². The molecule has 2 heterocycles. The summed E-state index contributed by atoms with van der Waals surface area (Å²) >= 11 is 0. The fourth-order valence-corrected chi connectivity index (χ4v) is 2.50. The molecule has 0 aromatic carbocycles. The summed E-state index contributed by atoms with van der Waals surface area (Å²) in [6.07, 6.45) is 2.67. The van der Waals surface area contributed by atoms with Gasteiger partial charge in [0.2, 0.25) is 0 Å². The summed E-state index contributed by atoms with van der Waals surface area (Å²) in [5, 5.41) is 4.27. The number of ether oxygens (including phenoxy) is 1. The maximum absolute atomic E-state index is 6.01. The van der Waals surface area contributed by atoms with Crippen molar-refractivity contribution in [1.82, 2.24) is 9.78 Å². The van der Waals surface area contributed by atoms with Gasteiger partial charge in [-0.15, -0.1) is 0 Å². The molecule has 0 aliphatic carbocycles. The van der Waals surface area contributed by atoms with E-state index in [9.17, 15) is 0 Å². The Morgan fingerprint density at radius 1 is 1.47 bits per heavy atom. The molecular formula is C11H19N3O. The minimum Gasteiger partial charge on any atom is -0.384 e. The summed E-state index contributed by atoms with van der Waals surface area (Å²) in [6, 6.07) is 2.03. The highest BCUT2D eigenvalue weighted by atomic mass is 16.5. The SMILES string of the molecule is CC1(C)CC(n2nccc2N)C(C)(C)O1. The molecule has 0 spiro atoms. The monoisotopic (exact) mass is 209 g/mol. The second-order valence-corrected chi connectivity index (χ2v) is 5.39. The van der Waals surface area contributed by atoms with Crippen LogP contribution in [0.1, 0.15) is 40.2 Å². The maximum atomic E-state index is 6.01. The van der Waals surface area contributed by atoms with Crippen LogP contribution in [0.3, 0.4) is 0 Å². The summed E-state index contributed by atoms with van der Waals surface area (Å²) in [7, 11) is 0. The van der Waals surface area contributed by atoms with Gasteiger partial charge in [0.05, 0.1) is 23.4 Å². The number of hydrogen-bond acceptors (Lipinski definition) is 3. The Bertz CT molecular complexity index is 368. The minimum atomic E-state index is -0.219. The first kappa shape index (κ1) is 10.5. The highest BCUT2D eigenvalue weighted by Crippen LogP contribution is 2.45. The van der Waals surface area contributed by atoms with Crippen molar-refractivity contribution in [3.05, 3.63) is 12.3 Å². The summed E-state index contributed by atoms with van der Waals surface area (Å²) in [4.78, 5) is 0. The third kappa shape index (κ3) is 1.74. The van der Waals surface area contributed by atoms with E-state index in [1.54, 1.807) is 6.20 Å². The Labute approximate surface area is 90.4 Å². The molecule has 2 N–H and O–H groups in total. The average Bonchev–Trinajstić information content (AvgIpc) is 2.52. The molecule has 1 aromatic rings. The standard InChI is InChI=1S/C11H19N3O/c1-10(2)7-8(11(3,4)15-10)14-9(12)5-6-13-14/h5-6,8H,7,12H2,1-4H3. The fourth-order valence-electron chi connectivity index (χ4n) is 2.50. The minimum absolute atomic E-state index is 0.105. The van der Waals surface area contributed by atoms with Crippen molar-refractivity contribution in [2.75, 3.05) is 5.73 Å². The maximum Gasteiger partial charge on any atom is 0.122 e. The number of nitrogen functional groups attached to an aromatic ring is 1. The third-order valence-corrected chi connectivity index (χ3v) is 3.02. The van der Waals surface area contributed by atoms with Crippen LogP contribution in [0.25, 0.3) is 0 Å². The molecule has 1 aromatic heterocycles. The molecule has 4 heteroatoms. The molecule has 1 unspecified atom stereocenters. The average molecular weight is 209 g/mol. The van der Waals surface area contributed by atoms with Gasteiger partial charge in [-0.2, -0.15) is 5.10 Å². The van der Waals surface area contributed by atoms with E-state index in [2.05, 4.69) is 32.8 Å². The summed E-state index contributed by atoms with van der Waals surface area (Å²) in [5.74, 6) is 0.703. The van der Waals surface area contributed by atoms with Crippen molar-refractivity contribution in [2.24, 2.45) is 0 Å².